The fraction of sp³-hybridized carbons (Fsp3) is 0.368. The summed E-state index contributed by atoms with van der Waals surface area (Å²) in [6, 6.07) is 10.1. The Hall–Kier alpha value is -2.36. The van der Waals surface area contributed by atoms with Gasteiger partial charge in [-0.05, 0) is 54.2 Å². The third-order valence-electron chi connectivity index (χ3n) is 4.09. The van der Waals surface area contributed by atoms with E-state index in [4.69, 9.17) is 0 Å². The van der Waals surface area contributed by atoms with Gasteiger partial charge in [0.05, 0.1) is 0 Å². The number of hydrogen-bond donors (Lipinski definition) is 1. The molecule has 0 aliphatic heterocycles. The van der Waals surface area contributed by atoms with Crippen LogP contribution in [0.15, 0.2) is 30.3 Å². The predicted molar refractivity (Wildman–Crippen MR) is 93.4 cm³/mol. The van der Waals surface area contributed by atoms with Crippen molar-refractivity contribution >= 4 is 11.0 Å². The Bertz CT molecular complexity index is 849. The zero-order chi connectivity index (χ0) is 16.6. The topological polar surface area (TPSA) is 50.9 Å². The van der Waals surface area contributed by atoms with E-state index in [1.54, 1.807) is 4.80 Å². The monoisotopic (exact) mass is 309 g/mol. The zero-order valence-electron chi connectivity index (χ0n) is 14.2. The first-order valence-electron chi connectivity index (χ1n) is 8.19. The molecular formula is C19H23N3O. The van der Waals surface area contributed by atoms with Gasteiger partial charge in [-0.2, -0.15) is 0 Å². The standard InChI is InChI=1S/C19H23N3O/c1-5-6-14-10-15(12(2)3)19(23)18(11-14)22-20-16-8-7-13(4)9-17(16)21-22/h7-12,23H,5-6H2,1-4H3. The van der Waals surface area contributed by atoms with Gasteiger partial charge in [0.1, 0.15) is 22.5 Å². The van der Waals surface area contributed by atoms with Crippen molar-refractivity contribution in [2.75, 3.05) is 0 Å². The lowest BCUT2D eigenvalue weighted by atomic mass is 9.97. The number of phenolic OH excluding ortho intramolecular Hbond substituents is 1. The highest BCUT2D eigenvalue weighted by atomic mass is 16.3. The van der Waals surface area contributed by atoms with Crippen LogP contribution in [0.4, 0.5) is 0 Å². The lowest BCUT2D eigenvalue weighted by molar-refractivity contribution is 0.457. The van der Waals surface area contributed by atoms with Crippen LogP contribution in [-0.2, 0) is 6.42 Å². The molecule has 4 heteroatoms. The van der Waals surface area contributed by atoms with Gasteiger partial charge in [0.2, 0.25) is 0 Å². The number of aryl methyl sites for hydroxylation is 2. The van der Waals surface area contributed by atoms with Crippen LogP contribution in [0.2, 0.25) is 0 Å². The Kier molecular flexibility index (Phi) is 4.07. The molecule has 120 valence electrons. The number of aromatic hydroxyl groups is 1. The van der Waals surface area contributed by atoms with Crippen molar-refractivity contribution in [2.24, 2.45) is 0 Å². The number of aromatic nitrogens is 3. The molecular weight excluding hydrogens is 286 g/mol. The van der Waals surface area contributed by atoms with Gasteiger partial charge in [0.25, 0.3) is 0 Å². The molecule has 23 heavy (non-hydrogen) atoms. The van der Waals surface area contributed by atoms with E-state index in [9.17, 15) is 5.11 Å². The second-order valence-corrected chi connectivity index (χ2v) is 6.44. The molecule has 0 atom stereocenters. The van der Waals surface area contributed by atoms with Crippen molar-refractivity contribution in [3.05, 3.63) is 47.0 Å². The third-order valence-corrected chi connectivity index (χ3v) is 4.09. The molecule has 1 N–H and O–H groups in total. The highest BCUT2D eigenvalue weighted by molar-refractivity contribution is 5.75. The van der Waals surface area contributed by atoms with Crippen molar-refractivity contribution in [3.63, 3.8) is 0 Å². The summed E-state index contributed by atoms with van der Waals surface area (Å²) in [7, 11) is 0. The van der Waals surface area contributed by atoms with Crippen LogP contribution >= 0.6 is 0 Å². The van der Waals surface area contributed by atoms with Crippen LogP contribution in [0.1, 0.15) is 49.8 Å². The second-order valence-electron chi connectivity index (χ2n) is 6.44. The second kappa shape index (κ2) is 6.03. The summed E-state index contributed by atoms with van der Waals surface area (Å²) in [5.41, 5.74) is 5.65. The molecule has 0 fully saturated rings. The van der Waals surface area contributed by atoms with E-state index < -0.39 is 0 Å². The largest absolute Gasteiger partial charge is 0.505 e. The molecule has 3 aromatic rings. The van der Waals surface area contributed by atoms with E-state index in [1.807, 2.05) is 31.2 Å². The minimum atomic E-state index is 0.248. The van der Waals surface area contributed by atoms with Gasteiger partial charge in [-0.25, -0.2) is 0 Å². The molecule has 0 radical (unpaired) electrons. The molecule has 0 saturated heterocycles. The Morgan fingerprint density at radius 1 is 1.09 bits per heavy atom. The van der Waals surface area contributed by atoms with E-state index in [2.05, 4.69) is 37.0 Å². The van der Waals surface area contributed by atoms with Crippen LogP contribution < -0.4 is 0 Å². The van der Waals surface area contributed by atoms with Crippen LogP contribution in [0.25, 0.3) is 16.7 Å². The van der Waals surface area contributed by atoms with Crippen molar-refractivity contribution in [2.45, 2.75) is 46.5 Å². The van der Waals surface area contributed by atoms with Crippen LogP contribution in [0.5, 0.6) is 5.75 Å². The van der Waals surface area contributed by atoms with E-state index in [-0.39, 0.29) is 11.7 Å². The molecule has 0 aliphatic carbocycles. The molecule has 0 unspecified atom stereocenters. The molecule has 1 heterocycles. The number of hydrogen-bond acceptors (Lipinski definition) is 3. The van der Waals surface area contributed by atoms with Crippen LogP contribution in [-0.4, -0.2) is 20.1 Å². The van der Waals surface area contributed by atoms with Gasteiger partial charge in [-0.15, -0.1) is 15.0 Å². The number of fused-ring (bicyclic) bond motifs is 1. The van der Waals surface area contributed by atoms with E-state index in [0.29, 0.717) is 5.69 Å². The van der Waals surface area contributed by atoms with Gasteiger partial charge in [-0.1, -0.05) is 39.3 Å². The zero-order valence-corrected chi connectivity index (χ0v) is 14.2. The number of nitrogens with zero attached hydrogens (tertiary/aromatic N) is 3. The summed E-state index contributed by atoms with van der Waals surface area (Å²) in [5, 5.41) is 19.8. The number of phenols is 1. The smallest absolute Gasteiger partial charge is 0.146 e. The summed E-state index contributed by atoms with van der Waals surface area (Å²) >= 11 is 0. The van der Waals surface area contributed by atoms with Crippen LogP contribution in [0.3, 0.4) is 0 Å². The highest BCUT2D eigenvalue weighted by Crippen LogP contribution is 2.33. The normalized spacial score (nSPS) is 11.5. The first-order chi connectivity index (χ1) is 11.0. The van der Waals surface area contributed by atoms with Crippen molar-refractivity contribution < 1.29 is 5.11 Å². The Labute approximate surface area is 136 Å². The first-order valence-corrected chi connectivity index (χ1v) is 8.19. The highest BCUT2D eigenvalue weighted by Gasteiger charge is 2.16. The average Bonchev–Trinajstić information content (AvgIpc) is 2.91. The van der Waals surface area contributed by atoms with Gasteiger partial charge in [0, 0.05) is 0 Å². The number of benzene rings is 2. The fourth-order valence-corrected chi connectivity index (χ4v) is 2.86. The Morgan fingerprint density at radius 2 is 1.83 bits per heavy atom. The maximum absolute atomic E-state index is 10.7. The molecule has 0 amide bonds. The molecule has 2 aromatic carbocycles. The summed E-state index contributed by atoms with van der Waals surface area (Å²) in [6.07, 6.45) is 2.04. The molecule has 0 saturated carbocycles. The quantitative estimate of drug-likeness (QED) is 0.771. The summed E-state index contributed by atoms with van der Waals surface area (Å²) < 4.78 is 0. The first kappa shape index (κ1) is 15.5. The van der Waals surface area contributed by atoms with E-state index >= 15 is 0 Å². The summed E-state index contributed by atoms with van der Waals surface area (Å²) in [6.45, 7) is 8.37. The Balaban J connectivity index is 2.19. The minimum absolute atomic E-state index is 0.248. The molecule has 0 bridgehead atoms. The maximum Gasteiger partial charge on any atom is 0.146 e. The van der Waals surface area contributed by atoms with Crippen LogP contribution in [0, 0.1) is 6.92 Å². The fourth-order valence-electron chi connectivity index (χ4n) is 2.86. The lowest BCUT2D eigenvalue weighted by Gasteiger charge is -2.14. The van der Waals surface area contributed by atoms with Gasteiger partial charge < -0.3 is 5.11 Å². The predicted octanol–water partition coefficient (Wildman–Crippen LogP) is 4.51. The molecule has 0 aliphatic rings. The summed E-state index contributed by atoms with van der Waals surface area (Å²) in [5.74, 6) is 0.523. The van der Waals surface area contributed by atoms with E-state index in [0.717, 1.165) is 35.0 Å². The van der Waals surface area contributed by atoms with Gasteiger partial charge >= 0.3 is 0 Å². The van der Waals surface area contributed by atoms with Crippen molar-refractivity contribution in [1.29, 1.82) is 0 Å². The lowest BCUT2D eigenvalue weighted by Crippen LogP contribution is -2.03. The van der Waals surface area contributed by atoms with Crippen molar-refractivity contribution in [3.8, 4) is 11.4 Å². The molecule has 0 spiro atoms. The maximum atomic E-state index is 10.7. The van der Waals surface area contributed by atoms with E-state index in [1.165, 1.54) is 5.56 Å². The summed E-state index contributed by atoms with van der Waals surface area (Å²) in [4.78, 5) is 1.56. The molecule has 3 rings (SSSR count). The van der Waals surface area contributed by atoms with Gasteiger partial charge in [-0.3, -0.25) is 0 Å². The minimum Gasteiger partial charge on any atom is -0.505 e. The van der Waals surface area contributed by atoms with Gasteiger partial charge in [0.15, 0.2) is 0 Å². The molecule has 1 aromatic heterocycles. The molecule has 4 nitrogen and oxygen atoms in total. The third kappa shape index (κ3) is 2.93. The van der Waals surface area contributed by atoms with Crippen molar-refractivity contribution in [1.82, 2.24) is 15.0 Å². The number of rotatable bonds is 4. The SMILES string of the molecule is CCCc1cc(C(C)C)c(O)c(-n2nc3ccc(C)cc3n2)c1. The Morgan fingerprint density at radius 3 is 2.52 bits per heavy atom. The average molecular weight is 309 g/mol.